The standard InChI is InChI=1S/C22H23NO4S/c1-3-15(2)17-9-5-7-11-19(17)27-13-12-26-18-10-6-4-8-16(18)14-20-21(24)23-22(25)28-20/h4-11,14-15H,3,12-13H2,1-2H3,(H,23,24,25)/b20-14-. The average Bonchev–Trinajstić information content (AvgIpc) is 3.03. The predicted octanol–water partition coefficient (Wildman–Crippen LogP) is 4.98. The van der Waals surface area contributed by atoms with Crippen molar-refractivity contribution in [3.63, 3.8) is 0 Å². The maximum Gasteiger partial charge on any atom is 0.290 e. The smallest absolute Gasteiger partial charge is 0.290 e. The summed E-state index contributed by atoms with van der Waals surface area (Å²) < 4.78 is 11.8. The lowest BCUT2D eigenvalue weighted by Gasteiger charge is -2.16. The van der Waals surface area contributed by atoms with E-state index in [0.29, 0.717) is 29.8 Å². The fraction of sp³-hybridized carbons (Fsp3) is 0.273. The fourth-order valence-corrected chi connectivity index (χ4v) is 3.51. The van der Waals surface area contributed by atoms with E-state index in [2.05, 4.69) is 25.2 Å². The van der Waals surface area contributed by atoms with E-state index < -0.39 is 0 Å². The van der Waals surface area contributed by atoms with E-state index in [4.69, 9.17) is 9.47 Å². The second-order valence-corrected chi connectivity index (χ2v) is 7.45. The molecule has 0 bridgehead atoms. The molecule has 2 aromatic carbocycles. The summed E-state index contributed by atoms with van der Waals surface area (Å²) in [5, 5.41) is 1.89. The SMILES string of the molecule is CCC(C)c1ccccc1OCCOc1ccccc1/C=C1\SC(=O)NC1=O. The number of thioether (sulfide) groups is 1. The molecular formula is C22H23NO4S. The van der Waals surface area contributed by atoms with Crippen molar-refractivity contribution >= 4 is 29.0 Å². The topological polar surface area (TPSA) is 64.6 Å². The summed E-state index contributed by atoms with van der Waals surface area (Å²) in [6.45, 7) is 5.12. The van der Waals surface area contributed by atoms with Crippen LogP contribution in [-0.4, -0.2) is 24.4 Å². The minimum atomic E-state index is -0.380. The summed E-state index contributed by atoms with van der Waals surface area (Å²) in [6.07, 6.45) is 2.71. The highest BCUT2D eigenvalue weighted by Crippen LogP contribution is 2.30. The van der Waals surface area contributed by atoms with E-state index in [0.717, 1.165) is 29.5 Å². The van der Waals surface area contributed by atoms with Crippen LogP contribution in [0.15, 0.2) is 53.4 Å². The van der Waals surface area contributed by atoms with Crippen LogP contribution in [0.2, 0.25) is 0 Å². The first-order chi connectivity index (χ1) is 13.6. The van der Waals surface area contributed by atoms with Gasteiger partial charge < -0.3 is 9.47 Å². The summed E-state index contributed by atoms with van der Waals surface area (Å²) in [6, 6.07) is 15.5. The molecule has 146 valence electrons. The number of carbonyl (C=O) groups is 2. The van der Waals surface area contributed by atoms with Crippen LogP contribution in [0.1, 0.15) is 37.3 Å². The Balaban J connectivity index is 1.62. The van der Waals surface area contributed by atoms with E-state index in [9.17, 15) is 9.59 Å². The number of para-hydroxylation sites is 2. The van der Waals surface area contributed by atoms with Crippen LogP contribution < -0.4 is 14.8 Å². The Hall–Kier alpha value is -2.73. The largest absolute Gasteiger partial charge is 0.490 e. The minimum Gasteiger partial charge on any atom is -0.490 e. The molecule has 2 aromatic rings. The lowest BCUT2D eigenvalue weighted by atomic mass is 9.98. The normalized spacial score (nSPS) is 16.1. The fourth-order valence-electron chi connectivity index (χ4n) is 2.84. The molecule has 0 aliphatic carbocycles. The Bertz CT molecular complexity index is 894. The highest BCUT2D eigenvalue weighted by atomic mass is 32.2. The molecule has 1 N–H and O–H groups in total. The molecule has 1 saturated heterocycles. The number of hydrogen-bond donors (Lipinski definition) is 1. The number of carbonyl (C=O) groups excluding carboxylic acids is 2. The molecule has 1 heterocycles. The first kappa shape index (κ1) is 20.0. The molecule has 1 atom stereocenters. The predicted molar refractivity (Wildman–Crippen MR) is 112 cm³/mol. The Morgan fingerprint density at radius 1 is 1.00 bits per heavy atom. The molecule has 1 aliphatic heterocycles. The van der Waals surface area contributed by atoms with Crippen molar-refractivity contribution in [3.8, 4) is 11.5 Å². The number of ether oxygens (including phenoxy) is 2. The van der Waals surface area contributed by atoms with Gasteiger partial charge in [0.2, 0.25) is 0 Å². The van der Waals surface area contributed by atoms with Crippen LogP contribution in [-0.2, 0) is 4.79 Å². The van der Waals surface area contributed by atoms with Gasteiger partial charge in [0, 0.05) is 5.56 Å². The van der Waals surface area contributed by atoms with Gasteiger partial charge in [-0.2, -0.15) is 0 Å². The maximum atomic E-state index is 11.7. The molecule has 0 radical (unpaired) electrons. The van der Waals surface area contributed by atoms with Crippen LogP contribution in [0, 0.1) is 0 Å². The molecule has 1 unspecified atom stereocenters. The van der Waals surface area contributed by atoms with Gasteiger partial charge in [0.15, 0.2) is 0 Å². The maximum absolute atomic E-state index is 11.7. The van der Waals surface area contributed by atoms with Crippen LogP contribution in [0.4, 0.5) is 4.79 Å². The third kappa shape index (κ3) is 4.95. The molecule has 0 saturated carbocycles. The lowest BCUT2D eigenvalue weighted by Crippen LogP contribution is -2.17. The van der Waals surface area contributed by atoms with Crippen molar-refractivity contribution in [2.24, 2.45) is 0 Å². The molecule has 1 fully saturated rings. The number of nitrogens with one attached hydrogen (secondary N) is 1. The van der Waals surface area contributed by atoms with Gasteiger partial charge in [0.05, 0.1) is 4.91 Å². The van der Waals surface area contributed by atoms with Gasteiger partial charge in [-0.05, 0) is 47.9 Å². The zero-order valence-electron chi connectivity index (χ0n) is 15.9. The summed E-state index contributed by atoms with van der Waals surface area (Å²) in [5.41, 5.74) is 1.94. The quantitative estimate of drug-likeness (QED) is 0.503. The van der Waals surface area contributed by atoms with Gasteiger partial charge in [0.1, 0.15) is 24.7 Å². The Kier molecular flexibility index (Phi) is 6.76. The highest BCUT2D eigenvalue weighted by Gasteiger charge is 2.25. The molecule has 5 nitrogen and oxygen atoms in total. The van der Waals surface area contributed by atoms with Crippen LogP contribution >= 0.6 is 11.8 Å². The monoisotopic (exact) mass is 397 g/mol. The molecule has 1 aliphatic rings. The second-order valence-electron chi connectivity index (χ2n) is 6.43. The van der Waals surface area contributed by atoms with Crippen LogP contribution in [0.25, 0.3) is 6.08 Å². The molecule has 28 heavy (non-hydrogen) atoms. The zero-order chi connectivity index (χ0) is 19.9. The van der Waals surface area contributed by atoms with Gasteiger partial charge in [0.25, 0.3) is 11.1 Å². The third-order valence-electron chi connectivity index (χ3n) is 4.51. The van der Waals surface area contributed by atoms with Crippen molar-refractivity contribution in [2.45, 2.75) is 26.2 Å². The first-order valence-corrected chi connectivity index (χ1v) is 10.1. The molecule has 3 rings (SSSR count). The molecule has 2 amide bonds. The average molecular weight is 397 g/mol. The van der Waals surface area contributed by atoms with Crippen LogP contribution in [0.3, 0.4) is 0 Å². The van der Waals surface area contributed by atoms with Gasteiger partial charge >= 0.3 is 0 Å². The Morgan fingerprint density at radius 3 is 2.32 bits per heavy atom. The van der Waals surface area contributed by atoms with E-state index in [1.165, 1.54) is 5.56 Å². The summed E-state index contributed by atoms with van der Waals surface area (Å²) in [7, 11) is 0. The number of amides is 2. The van der Waals surface area contributed by atoms with Gasteiger partial charge in [-0.25, -0.2) is 0 Å². The molecule has 0 aromatic heterocycles. The Labute approximate surface area is 169 Å². The van der Waals surface area contributed by atoms with E-state index in [1.54, 1.807) is 6.08 Å². The summed E-state index contributed by atoms with van der Waals surface area (Å²) in [5.74, 6) is 1.58. The van der Waals surface area contributed by atoms with E-state index in [-0.39, 0.29) is 11.1 Å². The van der Waals surface area contributed by atoms with E-state index in [1.807, 2.05) is 42.5 Å². The van der Waals surface area contributed by atoms with Crippen molar-refractivity contribution in [2.75, 3.05) is 13.2 Å². The molecule has 0 spiro atoms. The zero-order valence-corrected chi connectivity index (χ0v) is 16.8. The molecular weight excluding hydrogens is 374 g/mol. The number of benzene rings is 2. The van der Waals surface area contributed by atoms with Crippen molar-refractivity contribution in [1.29, 1.82) is 0 Å². The molecule has 6 heteroatoms. The highest BCUT2D eigenvalue weighted by molar-refractivity contribution is 8.18. The Morgan fingerprint density at radius 2 is 1.64 bits per heavy atom. The van der Waals surface area contributed by atoms with Gasteiger partial charge in [-0.15, -0.1) is 0 Å². The number of rotatable bonds is 8. The third-order valence-corrected chi connectivity index (χ3v) is 5.32. The van der Waals surface area contributed by atoms with Crippen molar-refractivity contribution < 1.29 is 19.1 Å². The lowest BCUT2D eigenvalue weighted by molar-refractivity contribution is -0.115. The first-order valence-electron chi connectivity index (χ1n) is 9.27. The summed E-state index contributed by atoms with van der Waals surface area (Å²) in [4.78, 5) is 23.4. The van der Waals surface area contributed by atoms with Gasteiger partial charge in [-0.3, -0.25) is 14.9 Å². The van der Waals surface area contributed by atoms with Gasteiger partial charge in [-0.1, -0.05) is 50.2 Å². The van der Waals surface area contributed by atoms with Crippen molar-refractivity contribution in [3.05, 3.63) is 64.6 Å². The van der Waals surface area contributed by atoms with Crippen LogP contribution in [0.5, 0.6) is 11.5 Å². The summed E-state index contributed by atoms with van der Waals surface area (Å²) >= 11 is 0.890. The van der Waals surface area contributed by atoms with Crippen molar-refractivity contribution in [1.82, 2.24) is 5.32 Å². The minimum absolute atomic E-state index is 0.358. The van der Waals surface area contributed by atoms with E-state index >= 15 is 0 Å². The number of hydrogen-bond acceptors (Lipinski definition) is 5. The number of imide groups is 1. The second kappa shape index (κ2) is 9.46.